The summed E-state index contributed by atoms with van der Waals surface area (Å²) in [6, 6.07) is 7.37. The SMILES string of the molecule is Cc1nc(-c2cccc(C(=O)NC3CCC(Oc4cnccn4)CC3)c2)no1. The zero-order valence-corrected chi connectivity index (χ0v) is 15.5. The van der Waals surface area contributed by atoms with Crippen LogP contribution in [0.2, 0.25) is 0 Å². The highest BCUT2D eigenvalue weighted by molar-refractivity contribution is 5.95. The standard InChI is InChI=1S/C20H21N5O3/c1-13-23-19(25-28-13)14-3-2-4-15(11-14)20(26)24-16-5-7-17(8-6-16)27-18-12-21-9-10-22-18/h2-4,9-12,16-17H,5-8H2,1H3,(H,24,26). The summed E-state index contributed by atoms with van der Waals surface area (Å²) < 4.78 is 10.9. The average molecular weight is 379 g/mol. The molecule has 0 unspecified atom stereocenters. The molecule has 28 heavy (non-hydrogen) atoms. The molecule has 3 aromatic rings. The summed E-state index contributed by atoms with van der Waals surface area (Å²) in [4.78, 5) is 25.0. The van der Waals surface area contributed by atoms with E-state index in [4.69, 9.17) is 9.26 Å². The lowest BCUT2D eigenvalue weighted by atomic mass is 9.92. The van der Waals surface area contributed by atoms with Crippen molar-refractivity contribution in [1.29, 1.82) is 0 Å². The van der Waals surface area contributed by atoms with E-state index in [1.54, 1.807) is 37.6 Å². The van der Waals surface area contributed by atoms with Gasteiger partial charge in [-0.2, -0.15) is 4.98 Å². The molecule has 8 nitrogen and oxygen atoms in total. The molecule has 4 rings (SSSR count). The molecule has 0 spiro atoms. The van der Waals surface area contributed by atoms with Crippen LogP contribution >= 0.6 is 0 Å². The van der Waals surface area contributed by atoms with Crippen LogP contribution < -0.4 is 10.1 Å². The van der Waals surface area contributed by atoms with Crippen LogP contribution in [0.1, 0.15) is 41.9 Å². The topological polar surface area (TPSA) is 103 Å². The lowest BCUT2D eigenvalue weighted by Gasteiger charge is -2.29. The fraction of sp³-hybridized carbons (Fsp3) is 0.350. The number of hydrogen-bond donors (Lipinski definition) is 1. The second-order valence-corrected chi connectivity index (χ2v) is 6.83. The van der Waals surface area contributed by atoms with Crippen molar-refractivity contribution in [3.63, 3.8) is 0 Å². The first kappa shape index (κ1) is 18.1. The number of hydrogen-bond acceptors (Lipinski definition) is 7. The van der Waals surface area contributed by atoms with Gasteiger partial charge < -0.3 is 14.6 Å². The molecule has 1 saturated carbocycles. The average Bonchev–Trinajstić information content (AvgIpc) is 3.17. The molecule has 0 atom stereocenters. The van der Waals surface area contributed by atoms with Crippen molar-refractivity contribution in [2.75, 3.05) is 0 Å². The van der Waals surface area contributed by atoms with Crippen molar-refractivity contribution in [2.24, 2.45) is 0 Å². The summed E-state index contributed by atoms with van der Waals surface area (Å²) in [5.74, 6) is 1.42. The number of amides is 1. The van der Waals surface area contributed by atoms with Crippen LogP contribution in [0.25, 0.3) is 11.4 Å². The predicted octanol–water partition coefficient (Wildman–Crippen LogP) is 2.96. The third-order valence-electron chi connectivity index (χ3n) is 4.75. The Morgan fingerprint density at radius 3 is 2.79 bits per heavy atom. The minimum absolute atomic E-state index is 0.0969. The molecule has 1 aliphatic rings. The molecule has 0 saturated heterocycles. The molecule has 2 heterocycles. The van der Waals surface area contributed by atoms with E-state index < -0.39 is 0 Å². The highest BCUT2D eigenvalue weighted by Gasteiger charge is 2.24. The first-order chi connectivity index (χ1) is 13.7. The Morgan fingerprint density at radius 2 is 2.07 bits per heavy atom. The predicted molar refractivity (Wildman–Crippen MR) is 101 cm³/mol. The van der Waals surface area contributed by atoms with Crippen molar-refractivity contribution < 1.29 is 14.1 Å². The van der Waals surface area contributed by atoms with Gasteiger partial charge in [0.25, 0.3) is 5.91 Å². The van der Waals surface area contributed by atoms with Gasteiger partial charge in [0.2, 0.25) is 17.6 Å². The molecule has 1 amide bonds. The maximum absolute atomic E-state index is 12.6. The maximum Gasteiger partial charge on any atom is 0.251 e. The van der Waals surface area contributed by atoms with Gasteiger partial charge in [0, 0.05) is 36.5 Å². The van der Waals surface area contributed by atoms with E-state index >= 15 is 0 Å². The molecular formula is C20H21N5O3. The minimum atomic E-state index is -0.0969. The van der Waals surface area contributed by atoms with Crippen LogP contribution in [-0.2, 0) is 0 Å². The van der Waals surface area contributed by atoms with Crippen LogP contribution in [0.15, 0.2) is 47.4 Å². The molecule has 144 valence electrons. The van der Waals surface area contributed by atoms with Crippen molar-refractivity contribution in [3.05, 3.63) is 54.3 Å². The van der Waals surface area contributed by atoms with Gasteiger partial charge in [0.1, 0.15) is 6.10 Å². The largest absolute Gasteiger partial charge is 0.473 e. The number of ether oxygens (including phenoxy) is 1. The number of nitrogens with zero attached hydrogens (tertiary/aromatic N) is 4. The molecular weight excluding hydrogens is 358 g/mol. The number of aryl methyl sites for hydroxylation is 1. The van der Waals surface area contributed by atoms with Crippen molar-refractivity contribution >= 4 is 5.91 Å². The van der Waals surface area contributed by atoms with Crippen LogP contribution in [0.5, 0.6) is 5.88 Å². The number of rotatable bonds is 5. The molecule has 8 heteroatoms. The van der Waals surface area contributed by atoms with Crippen molar-refractivity contribution in [3.8, 4) is 17.3 Å². The summed E-state index contributed by atoms with van der Waals surface area (Å²) in [6.07, 6.45) is 8.41. The van der Waals surface area contributed by atoms with Crippen LogP contribution in [0.4, 0.5) is 0 Å². The fourth-order valence-electron chi connectivity index (χ4n) is 3.33. The summed E-state index contributed by atoms with van der Waals surface area (Å²) in [7, 11) is 0. The minimum Gasteiger partial charge on any atom is -0.473 e. The molecule has 0 bridgehead atoms. The number of nitrogens with one attached hydrogen (secondary N) is 1. The molecule has 0 aliphatic heterocycles. The van der Waals surface area contributed by atoms with E-state index in [2.05, 4.69) is 25.4 Å². The second-order valence-electron chi connectivity index (χ2n) is 6.83. The summed E-state index contributed by atoms with van der Waals surface area (Å²) in [5, 5.41) is 7.02. The third kappa shape index (κ3) is 4.33. The van der Waals surface area contributed by atoms with Gasteiger partial charge in [0.15, 0.2) is 0 Å². The number of carbonyl (C=O) groups is 1. The Bertz CT molecular complexity index is 936. The summed E-state index contributed by atoms with van der Waals surface area (Å²) in [6.45, 7) is 1.73. The first-order valence-electron chi connectivity index (χ1n) is 9.31. The normalized spacial score (nSPS) is 19.2. The van der Waals surface area contributed by atoms with E-state index in [0.29, 0.717) is 23.2 Å². The van der Waals surface area contributed by atoms with E-state index in [1.165, 1.54) is 0 Å². The number of benzene rings is 1. The lowest BCUT2D eigenvalue weighted by Crippen LogP contribution is -2.39. The van der Waals surface area contributed by atoms with Crippen molar-refractivity contribution in [1.82, 2.24) is 25.4 Å². The monoisotopic (exact) mass is 379 g/mol. The molecule has 1 fully saturated rings. The Morgan fingerprint density at radius 1 is 1.21 bits per heavy atom. The van der Waals surface area contributed by atoms with E-state index in [9.17, 15) is 4.79 Å². The number of carbonyl (C=O) groups excluding carboxylic acids is 1. The van der Waals surface area contributed by atoms with Gasteiger partial charge >= 0.3 is 0 Å². The fourth-order valence-corrected chi connectivity index (χ4v) is 3.33. The van der Waals surface area contributed by atoms with Gasteiger partial charge in [-0.3, -0.25) is 9.78 Å². The van der Waals surface area contributed by atoms with Crippen LogP contribution in [-0.4, -0.2) is 38.2 Å². The maximum atomic E-state index is 12.6. The highest BCUT2D eigenvalue weighted by Crippen LogP contribution is 2.23. The lowest BCUT2D eigenvalue weighted by molar-refractivity contribution is 0.0890. The zero-order valence-electron chi connectivity index (χ0n) is 15.5. The van der Waals surface area contributed by atoms with E-state index in [1.807, 2.05) is 12.1 Å². The van der Waals surface area contributed by atoms with E-state index in [0.717, 1.165) is 31.2 Å². The van der Waals surface area contributed by atoms with Gasteiger partial charge in [-0.1, -0.05) is 17.3 Å². The molecule has 1 N–H and O–H groups in total. The summed E-state index contributed by atoms with van der Waals surface area (Å²) >= 11 is 0. The van der Waals surface area contributed by atoms with Crippen LogP contribution in [0, 0.1) is 6.92 Å². The Balaban J connectivity index is 1.32. The Kier molecular flexibility index (Phi) is 5.27. The van der Waals surface area contributed by atoms with E-state index in [-0.39, 0.29) is 18.1 Å². The van der Waals surface area contributed by atoms with Gasteiger partial charge in [-0.25, -0.2) is 4.98 Å². The second kappa shape index (κ2) is 8.16. The highest BCUT2D eigenvalue weighted by atomic mass is 16.5. The smallest absolute Gasteiger partial charge is 0.251 e. The van der Waals surface area contributed by atoms with Gasteiger partial charge in [-0.05, 0) is 37.8 Å². The first-order valence-corrected chi connectivity index (χ1v) is 9.31. The molecule has 1 aromatic carbocycles. The number of aromatic nitrogens is 4. The van der Waals surface area contributed by atoms with Gasteiger partial charge in [-0.15, -0.1) is 0 Å². The summed E-state index contributed by atoms with van der Waals surface area (Å²) in [5.41, 5.74) is 1.34. The zero-order chi connectivity index (χ0) is 19.3. The molecule has 0 radical (unpaired) electrons. The van der Waals surface area contributed by atoms with Crippen molar-refractivity contribution in [2.45, 2.75) is 44.8 Å². The quantitative estimate of drug-likeness (QED) is 0.727. The third-order valence-corrected chi connectivity index (χ3v) is 4.75. The Labute approximate surface area is 162 Å². The van der Waals surface area contributed by atoms with Crippen LogP contribution in [0.3, 0.4) is 0 Å². The van der Waals surface area contributed by atoms with Gasteiger partial charge in [0.05, 0.1) is 6.20 Å². The molecule has 1 aliphatic carbocycles. The Hall–Kier alpha value is -3.29. The molecule has 2 aromatic heterocycles.